The predicted octanol–water partition coefficient (Wildman–Crippen LogP) is 4.31. The van der Waals surface area contributed by atoms with Crippen LogP contribution in [0.15, 0.2) is 78.9 Å². The van der Waals surface area contributed by atoms with Gasteiger partial charge in [0.2, 0.25) is 0 Å². The lowest BCUT2D eigenvalue weighted by molar-refractivity contribution is 0.966. The van der Waals surface area contributed by atoms with Crippen LogP contribution in [0.5, 0.6) is 0 Å². The zero-order valence-corrected chi connectivity index (χ0v) is 12.4. The van der Waals surface area contributed by atoms with Gasteiger partial charge in [0, 0.05) is 11.4 Å². The molecule has 0 saturated heterocycles. The van der Waals surface area contributed by atoms with Crippen LogP contribution in [0.3, 0.4) is 0 Å². The molecule has 0 aliphatic carbocycles. The second kappa shape index (κ2) is 7.27. The average molecular weight is 289 g/mol. The molecule has 110 valence electrons. The fraction of sp³-hybridized carbons (Fsp3) is 0.105. The number of benzene rings is 2. The van der Waals surface area contributed by atoms with Gasteiger partial charge in [0.1, 0.15) is 0 Å². The lowest BCUT2D eigenvalue weighted by Crippen LogP contribution is -2.06. The van der Waals surface area contributed by atoms with Gasteiger partial charge in [-0.3, -0.25) is 4.98 Å². The number of rotatable bonds is 6. The summed E-state index contributed by atoms with van der Waals surface area (Å²) in [6.07, 6.45) is 0. The summed E-state index contributed by atoms with van der Waals surface area (Å²) in [6, 6.07) is 26.5. The molecule has 0 bridgehead atoms. The van der Waals surface area contributed by atoms with Gasteiger partial charge in [-0.25, -0.2) is 0 Å². The molecule has 0 aliphatic heterocycles. The van der Waals surface area contributed by atoms with E-state index in [0.29, 0.717) is 0 Å². The normalized spacial score (nSPS) is 10.2. The summed E-state index contributed by atoms with van der Waals surface area (Å²) in [5.41, 5.74) is 4.29. The van der Waals surface area contributed by atoms with Crippen molar-refractivity contribution < 1.29 is 0 Å². The van der Waals surface area contributed by atoms with E-state index in [2.05, 4.69) is 45.9 Å². The molecule has 0 fully saturated rings. The molecule has 0 unspecified atom stereocenters. The summed E-state index contributed by atoms with van der Waals surface area (Å²) >= 11 is 0. The second-order valence-corrected chi connectivity index (χ2v) is 5.06. The minimum atomic E-state index is 0.725. The minimum absolute atomic E-state index is 0.725. The summed E-state index contributed by atoms with van der Waals surface area (Å²) in [7, 11) is 0. The first-order valence-corrected chi connectivity index (χ1v) is 7.43. The monoisotopic (exact) mass is 289 g/mol. The molecule has 1 heterocycles. The van der Waals surface area contributed by atoms with E-state index in [1.807, 2.05) is 48.5 Å². The van der Waals surface area contributed by atoms with Crippen LogP contribution < -0.4 is 10.6 Å². The molecule has 22 heavy (non-hydrogen) atoms. The maximum Gasteiger partial charge on any atom is 0.0598 e. The lowest BCUT2D eigenvalue weighted by atomic mass is 10.2. The van der Waals surface area contributed by atoms with Crippen molar-refractivity contribution in [3.05, 3.63) is 90.3 Å². The Hall–Kier alpha value is -2.81. The first-order chi connectivity index (χ1) is 10.9. The molecule has 0 spiro atoms. The van der Waals surface area contributed by atoms with Crippen molar-refractivity contribution in [3.63, 3.8) is 0 Å². The highest BCUT2D eigenvalue weighted by Gasteiger charge is 1.99. The first-order valence-electron chi connectivity index (χ1n) is 7.43. The topological polar surface area (TPSA) is 37.0 Å². The van der Waals surface area contributed by atoms with E-state index in [9.17, 15) is 0 Å². The van der Waals surface area contributed by atoms with Crippen molar-refractivity contribution in [2.75, 3.05) is 10.6 Å². The van der Waals surface area contributed by atoms with Crippen molar-refractivity contribution in [3.8, 4) is 0 Å². The first kappa shape index (κ1) is 14.1. The van der Waals surface area contributed by atoms with Gasteiger partial charge >= 0.3 is 0 Å². The Kier molecular flexibility index (Phi) is 4.67. The van der Waals surface area contributed by atoms with Crippen LogP contribution in [-0.2, 0) is 13.1 Å². The fourth-order valence-corrected chi connectivity index (χ4v) is 2.22. The molecule has 3 rings (SSSR count). The third-order valence-electron chi connectivity index (χ3n) is 3.36. The van der Waals surface area contributed by atoms with E-state index in [-0.39, 0.29) is 0 Å². The molecule has 0 amide bonds. The number of nitrogens with one attached hydrogen (secondary N) is 2. The quantitative estimate of drug-likeness (QED) is 0.710. The lowest BCUT2D eigenvalue weighted by Gasteiger charge is -2.09. The van der Waals surface area contributed by atoms with Gasteiger partial charge in [0.25, 0.3) is 0 Å². The second-order valence-electron chi connectivity index (χ2n) is 5.06. The Morgan fingerprint density at radius 2 is 1.00 bits per heavy atom. The summed E-state index contributed by atoms with van der Waals surface area (Å²) in [5.74, 6) is 0. The fourth-order valence-electron chi connectivity index (χ4n) is 2.22. The van der Waals surface area contributed by atoms with E-state index in [1.165, 1.54) is 0 Å². The van der Waals surface area contributed by atoms with E-state index in [4.69, 9.17) is 0 Å². The van der Waals surface area contributed by atoms with Crippen LogP contribution in [0.4, 0.5) is 11.4 Å². The molecule has 0 aliphatic rings. The van der Waals surface area contributed by atoms with Crippen molar-refractivity contribution in [2.45, 2.75) is 13.1 Å². The third-order valence-corrected chi connectivity index (χ3v) is 3.36. The van der Waals surface area contributed by atoms with Crippen molar-refractivity contribution in [1.29, 1.82) is 0 Å². The van der Waals surface area contributed by atoms with Gasteiger partial charge in [0.05, 0.1) is 24.5 Å². The molecule has 0 atom stereocenters. The molecule has 0 saturated carbocycles. The summed E-state index contributed by atoms with van der Waals surface area (Å²) in [6.45, 7) is 1.45. The Morgan fingerprint density at radius 1 is 0.545 bits per heavy atom. The van der Waals surface area contributed by atoms with Gasteiger partial charge in [-0.1, -0.05) is 42.5 Å². The van der Waals surface area contributed by atoms with Gasteiger partial charge in [-0.2, -0.15) is 0 Å². The molecule has 1 aromatic heterocycles. The Bertz CT molecular complexity index is 637. The van der Waals surface area contributed by atoms with Gasteiger partial charge in [-0.15, -0.1) is 0 Å². The number of aromatic nitrogens is 1. The summed E-state index contributed by atoms with van der Waals surface area (Å²) in [4.78, 5) is 4.68. The third kappa shape index (κ3) is 4.09. The Morgan fingerprint density at radius 3 is 1.45 bits per heavy atom. The van der Waals surface area contributed by atoms with Crippen LogP contribution in [-0.4, -0.2) is 4.98 Å². The van der Waals surface area contributed by atoms with Crippen LogP contribution in [0.2, 0.25) is 0 Å². The van der Waals surface area contributed by atoms with Crippen LogP contribution in [0, 0.1) is 0 Å². The van der Waals surface area contributed by atoms with Gasteiger partial charge in [0.15, 0.2) is 0 Å². The minimum Gasteiger partial charge on any atom is -0.379 e. The average Bonchev–Trinajstić information content (AvgIpc) is 2.60. The van der Waals surface area contributed by atoms with Crippen molar-refractivity contribution >= 4 is 11.4 Å². The Labute approximate surface area is 131 Å². The van der Waals surface area contributed by atoms with Crippen LogP contribution in [0.25, 0.3) is 0 Å². The molecule has 3 heteroatoms. The van der Waals surface area contributed by atoms with E-state index < -0.39 is 0 Å². The van der Waals surface area contributed by atoms with Crippen LogP contribution in [0.1, 0.15) is 11.4 Å². The Balaban J connectivity index is 1.58. The number of anilines is 2. The summed E-state index contributed by atoms with van der Waals surface area (Å²) < 4.78 is 0. The smallest absolute Gasteiger partial charge is 0.0598 e. The van der Waals surface area contributed by atoms with Crippen molar-refractivity contribution in [1.82, 2.24) is 4.98 Å². The predicted molar refractivity (Wildman–Crippen MR) is 91.8 cm³/mol. The standard InChI is InChI=1S/C19H19N3/c1-3-8-16(9-4-1)20-14-18-12-7-13-19(22-18)15-21-17-10-5-2-6-11-17/h1-13,20-21H,14-15H2. The number of hydrogen-bond donors (Lipinski definition) is 2. The SMILES string of the molecule is c1ccc(NCc2cccc(CNc3ccccc3)n2)cc1. The van der Waals surface area contributed by atoms with Gasteiger partial charge < -0.3 is 10.6 Å². The van der Waals surface area contributed by atoms with Crippen molar-refractivity contribution in [2.24, 2.45) is 0 Å². The molecular weight excluding hydrogens is 270 g/mol. The number of pyridine rings is 1. The van der Waals surface area contributed by atoms with E-state index in [1.54, 1.807) is 0 Å². The molecule has 3 aromatic rings. The molecule has 3 nitrogen and oxygen atoms in total. The molecule has 0 radical (unpaired) electrons. The zero-order chi connectivity index (χ0) is 15.0. The largest absolute Gasteiger partial charge is 0.379 e. The maximum absolute atomic E-state index is 4.68. The molecular formula is C19H19N3. The highest BCUT2D eigenvalue weighted by molar-refractivity contribution is 5.43. The van der Waals surface area contributed by atoms with E-state index >= 15 is 0 Å². The van der Waals surface area contributed by atoms with E-state index in [0.717, 1.165) is 35.9 Å². The summed E-state index contributed by atoms with van der Waals surface area (Å²) in [5, 5.41) is 6.76. The number of para-hydroxylation sites is 2. The number of nitrogens with zero attached hydrogens (tertiary/aromatic N) is 1. The van der Waals surface area contributed by atoms with Gasteiger partial charge in [-0.05, 0) is 36.4 Å². The zero-order valence-electron chi connectivity index (χ0n) is 12.4. The highest BCUT2D eigenvalue weighted by Crippen LogP contribution is 2.10. The highest BCUT2D eigenvalue weighted by atomic mass is 14.9. The number of hydrogen-bond acceptors (Lipinski definition) is 3. The maximum atomic E-state index is 4.68. The van der Waals surface area contributed by atoms with Crippen LogP contribution >= 0.6 is 0 Å². The molecule has 2 aromatic carbocycles. The molecule has 2 N–H and O–H groups in total.